The van der Waals surface area contributed by atoms with Gasteiger partial charge in [-0.3, -0.25) is 0 Å². The number of carbonyl (C=O) groups is 1. The van der Waals surface area contributed by atoms with E-state index in [1.807, 2.05) is 52.0 Å². The van der Waals surface area contributed by atoms with Crippen molar-refractivity contribution in [2.45, 2.75) is 80.3 Å². The molecule has 1 aromatic carbocycles. The van der Waals surface area contributed by atoms with Gasteiger partial charge >= 0.3 is 5.97 Å². The van der Waals surface area contributed by atoms with Crippen molar-refractivity contribution >= 4 is 5.97 Å². The summed E-state index contributed by atoms with van der Waals surface area (Å²) in [7, 11) is 0. The molecule has 1 N–H and O–H groups in total. The van der Waals surface area contributed by atoms with E-state index >= 15 is 0 Å². The van der Waals surface area contributed by atoms with Gasteiger partial charge < -0.3 is 10.1 Å². The van der Waals surface area contributed by atoms with Crippen molar-refractivity contribution in [3.05, 3.63) is 57.9 Å². The van der Waals surface area contributed by atoms with Crippen LogP contribution in [0, 0.1) is 29.6 Å². The highest BCUT2D eigenvalue weighted by molar-refractivity contribution is 5.93. The van der Waals surface area contributed by atoms with Gasteiger partial charge in [0.05, 0.1) is 23.1 Å². The number of carbonyl (C=O) groups excluding carboxylic acids is 1. The van der Waals surface area contributed by atoms with Crippen molar-refractivity contribution in [3.8, 4) is 6.07 Å². The summed E-state index contributed by atoms with van der Waals surface area (Å²) in [6.07, 6.45) is 0.718. The van der Waals surface area contributed by atoms with Crippen molar-refractivity contribution in [3.63, 3.8) is 0 Å². The van der Waals surface area contributed by atoms with Crippen LogP contribution in [-0.4, -0.2) is 11.6 Å². The highest BCUT2D eigenvalue weighted by Gasteiger charge is 2.39. The summed E-state index contributed by atoms with van der Waals surface area (Å²) in [5.41, 5.74) is 4.32. The van der Waals surface area contributed by atoms with E-state index < -0.39 is 11.5 Å². The molecule has 4 heteroatoms. The van der Waals surface area contributed by atoms with Gasteiger partial charge in [0.25, 0.3) is 0 Å². The van der Waals surface area contributed by atoms with Crippen LogP contribution in [0.15, 0.2) is 46.8 Å². The number of rotatable bonds is 4. The van der Waals surface area contributed by atoms with Crippen molar-refractivity contribution in [1.82, 2.24) is 5.32 Å². The minimum Gasteiger partial charge on any atom is -0.457 e. The highest BCUT2D eigenvalue weighted by atomic mass is 16.6. The summed E-state index contributed by atoms with van der Waals surface area (Å²) in [4.78, 5) is 13.4. The summed E-state index contributed by atoms with van der Waals surface area (Å²) in [5, 5.41) is 13.7. The first-order chi connectivity index (χ1) is 13.7. The second-order valence-corrected chi connectivity index (χ2v) is 10.7. The number of nitrogens with zero attached hydrogens (tertiary/aromatic N) is 1. The number of hydrogen-bond acceptors (Lipinski definition) is 4. The second-order valence-electron chi connectivity index (χ2n) is 10.7. The molecule has 2 rings (SSSR count). The van der Waals surface area contributed by atoms with Crippen LogP contribution in [0.4, 0.5) is 0 Å². The van der Waals surface area contributed by atoms with Crippen LogP contribution in [0.3, 0.4) is 0 Å². The molecule has 1 aliphatic heterocycles. The molecule has 0 aliphatic carbocycles. The Balaban J connectivity index is 2.76. The Kier molecular flexibility index (Phi) is 6.87. The fourth-order valence-electron chi connectivity index (χ4n) is 3.68. The fraction of sp³-hybridized carbons (Fsp3) is 0.538. The zero-order chi connectivity index (χ0) is 22.9. The van der Waals surface area contributed by atoms with Crippen molar-refractivity contribution in [2.75, 3.05) is 0 Å². The molecule has 0 fully saturated rings. The minimum absolute atomic E-state index is 0.00618. The lowest BCUT2D eigenvalue weighted by atomic mass is 9.76. The predicted molar refractivity (Wildman–Crippen MR) is 121 cm³/mol. The Morgan fingerprint density at radius 1 is 1.13 bits per heavy atom. The standard InChI is InChI=1S/C26H36N2O2/c1-16(2)23-22(24(29)30-26(7,8)9)21(18-12-10-17(3)11-13-18)19(15-27)20(28-23)14-25(4,5)6/h10-13,16,21,28H,14H2,1-9H3. The molecule has 4 nitrogen and oxygen atoms in total. The van der Waals surface area contributed by atoms with Crippen LogP contribution >= 0.6 is 0 Å². The number of benzene rings is 1. The Labute approximate surface area is 182 Å². The molecule has 0 radical (unpaired) electrons. The SMILES string of the molecule is Cc1ccc(C2C(C#N)=C(CC(C)(C)C)NC(C(C)C)=C2C(=O)OC(C)(C)C)cc1. The van der Waals surface area contributed by atoms with Gasteiger partial charge in [-0.2, -0.15) is 5.26 Å². The van der Waals surface area contributed by atoms with E-state index in [-0.39, 0.29) is 17.3 Å². The monoisotopic (exact) mass is 408 g/mol. The minimum atomic E-state index is -0.619. The third kappa shape index (κ3) is 5.75. The molecule has 162 valence electrons. The maximum absolute atomic E-state index is 13.4. The molecule has 0 spiro atoms. The number of dihydropyridines is 1. The van der Waals surface area contributed by atoms with Gasteiger partial charge in [-0.25, -0.2) is 4.79 Å². The summed E-state index contributed by atoms with van der Waals surface area (Å²) in [6.45, 7) is 18.2. The molecule has 1 unspecified atom stereocenters. The molecule has 0 aromatic heterocycles. The fourth-order valence-corrected chi connectivity index (χ4v) is 3.68. The molecule has 1 aromatic rings. The molecule has 1 heterocycles. The van der Waals surface area contributed by atoms with E-state index in [1.54, 1.807) is 0 Å². The number of ether oxygens (including phenoxy) is 1. The van der Waals surface area contributed by atoms with E-state index in [1.165, 1.54) is 0 Å². The number of allylic oxidation sites excluding steroid dienone is 3. The first-order valence-corrected chi connectivity index (χ1v) is 10.7. The molecule has 30 heavy (non-hydrogen) atoms. The molecule has 0 saturated heterocycles. The first kappa shape index (κ1) is 23.7. The normalized spacial score (nSPS) is 17.7. The van der Waals surface area contributed by atoms with Crippen LogP contribution < -0.4 is 5.32 Å². The van der Waals surface area contributed by atoms with Crippen LogP contribution in [0.25, 0.3) is 0 Å². The first-order valence-electron chi connectivity index (χ1n) is 10.7. The van der Waals surface area contributed by atoms with Crippen LogP contribution in [-0.2, 0) is 9.53 Å². The third-order valence-electron chi connectivity index (χ3n) is 4.91. The Morgan fingerprint density at radius 2 is 1.70 bits per heavy atom. The highest BCUT2D eigenvalue weighted by Crippen LogP contribution is 2.42. The molecule has 1 aliphatic rings. The molecular weight excluding hydrogens is 372 g/mol. The van der Waals surface area contributed by atoms with Crippen molar-refractivity contribution in [2.24, 2.45) is 11.3 Å². The van der Waals surface area contributed by atoms with Gasteiger partial charge in [-0.1, -0.05) is 64.4 Å². The lowest BCUT2D eigenvalue weighted by molar-refractivity contribution is -0.150. The summed E-state index contributed by atoms with van der Waals surface area (Å²) in [6, 6.07) is 10.5. The second kappa shape index (κ2) is 8.68. The molecule has 0 amide bonds. The van der Waals surface area contributed by atoms with Gasteiger partial charge in [0, 0.05) is 11.4 Å². The Bertz CT molecular complexity index is 898. The number of aryl methyl sites for hydroxylation is 1. The molecule has 0 bridgehead atoms. The summed E-state index contributed by atoms with van der Waals surface area (Å²) >= 11 is 0. The van der Waals surface area contributed by atoms with Crippen LogP contribution in [0.5, 0.6) is 0 Å². The zero-order valence-corrected chi connectivity index (χ0v) is 19.9. The quantitative estimate of drug-likeness (QED) is 0.607. The summed E-state index contributed by atoms with van der Waals surface area (Å²) in [5.74, 6) is -0.732. The van der Waals surface area contributed by atoms with Gasteiger partial charge in [0.2, 0.25) is 0 Å². The van der Waals surface area contributed by atoms with Crippen molar-refractivity contribution in [1.29, 1.82) is 5.26 Å². The lowest BCUT2D eigenvalue weighted by Crippen LogP contribution is -2.36. The van der Waals surface area contributed by atoms with Gasteiger partial charge in [0.15, 0.2) is 0 Å². The maximum Gasteiger partial charge on any atom is 0.337 e. The Hall–Kier alpha value is -2.54. The Morgan fingerprint density at radius 3 is 2.13 bits per heavy atom. The molecule has 0 saturated carbocycles. The van der Waals surface area contributed by atoms with Crippen molar-refractivity contribution < 1.29 is 9.53 Å². The van der Waals surface area contributed by atoms with Gasteiger partial charge in [-0.05, 0) is 51.0 Å². The third-order valence-corrected chi connectivity index (χ3v) is 4.91. The van der Waals surface area contributed by atoms with Gasteiger partial charge in [-0.15, -0.1) is 0 Å². The average Bonchev–Trinajstić information content (AvgIpc) is 2.58. The number of nitrogens with one attached hydrogen (secondary N) is 1. The van der Waals surface area contributed by atoms with E-state index in [9.17, 15) is 10.1 Å². The van der Waals surface area contributed by atoms with Crippen LogP contribution in [0.2, 0.25) is 0 Å². The summed E-state index contributed by atoms with van der Waals surface area (Å²) < 4.78 is 5.79. The van der Waals surface area contributed by atoms with E-state index in [2.05, 4.69) is 46.0 Å². The van der Waals surface area contributed by atoms with Crippen LogP contribution in [0.1, 0.15) is 78.9 Å². The van der Waals surface area contributed by atoms with E-state index in [0.717, 1.165) is 28.9 Å². The number of esters is 1. The predicted octanol–water partition coefficient (Wildman–Crippen LogP) is 6.15. The lowest BCUT2D eigenvalue weighted by Gasteiger charge is -2.35. The topological polar surface area (TPSA) is 62.1 Å². The smallest absolute Gasteiger partial charge is 0.337 e. The average molecular weight is 409 g/mol. The van der Waals surface area contributed by atoms with Gasteiger partial charge in [0.1, 0.15) is 5.60 Å². The largest absolute Gasteiger partial charge is 0.457 e. The zero-order valence-electron chi connectivity index (χ0n) is 19.9. The molecular formula is C26H36N2O2. The van der Waals surface area contributed by atoms with E-state index in [0.29, 0.717) is 11.1 Å². The van der Waals surface area contributed by atoms with E-state index in [4.69, 9.17) is 4.74 Å². The number of hydrogen-bond donors (Lipinski definition) is 1. The maximum atomic E-state index is 13.4. The number of nitriles is 1. The molecule has 1 atom stereocenters.